The van der Waals surface area contributed by atoms with E-state index in [0.29, 0.717) is 12.2 Å². The fourth-order valence-corrected chi connectivity index (χ4v) is 5.92. The topological polar surface area (TPSA) is 107 Å². The molecule has 0 radical (unpaired) electrons. The lowest BCUT2D eigenvalue weighted by atomic mass is 9.96. The standard InChI is InChI=1S/C29H28N4O4S/c1-16-17(2)38-29-26(16)27(30-23(15-25(36)37-4)28-32-31-18(3)33(28)29)22-12-10-21(11-13-22)20-8-5-19(6-9-20)7-14-24(34)35/h5-6,8-13,23H,7,14-15H2,1-4H3,(H,34,35)/t23-/m0/s1. The first kappa shape index (κ1) is 25.5. The van der Waals surface area contributed by atoms with Gasteiger partial charge in [0.1, 0.15) is 16.9 Å². The summed E-state index contributed by atoms with van der Waals surface area (Å²) < 4.78 is 6.98. The van der Waals surface area contributed by atoms with E-state index >= 15 is 0 Å². The smallest absolute Gasteiger partial charge is 0.308 e. The maximum Gasteiger partial charge on any atom is 0.308 e. The van der Waals surface area contributed by atoms with Gasteiger partial charge in [0.15, 0.2) is 5.82 Å². The molecule has 4 aromatic rings. The van der Waals surface area contributed by atoms with Crippen molar-refractivity contribution in [3.05, 3.63) is 87.3 Å². The van der Waals surface area contributed by atoms with Crippen LogP contribution in [0.1, 0.15) is 57.7 Å². The van der Waals surface area contributed by atoms with Crippen LogP contribution < -0.4 is 0 Å². The summed E-state index contributed by atoms with van der Waals surface area (Å²) in [6, 6.07) is 15.7. The van der Waals surface area contributed by atoms with Crippen molar-refractivity contribution in [1.82, 2.24) is 14.8 Å². The molecular formula is C29H28N4O4S. The fourth-order valence-electron chi connectivity index (χ4n) is 4.70. The lowest BCUT2D eigenvalue weighted by molar-refractivity contribution is -0.141. The quantitative estimate of drug-likeness (QED) is 0.322. The van der Waals surface area contributed by atoms with Gasteiger partial charge < -0.3 is 9.84 Å². The van der Waals surface area contributed by atoms with Crippen molar-refractivity contribution in [2.75, 3.05) is 7.11 Å². The lowest BCUT2D eigenvalue weighted by Crippen LogP contribution is -2.12. The van der Waals surface area contributed by atoms with Gasteiger partial charge in [-0.1, -0.05) is 48.5 Å². The number of carbonyl (C=O) groups is 2. The van der Waals surface area contributed by atoms with Gasteiger partial charge in [0.25, 0.3) is 0 Å². The predicted molar refractivity (Wildman–Crippen MR) is 146 cm³/mol. The van der Waals surface area contributed by atoms with Crippen molar-refractivity contribution in [1.29, 1.82) is 0 Å². The van der Waals surface area contributed by atoms with Crippen LogP contribution in [-0.2, 0) is 20.7 Å². The number of aromatic nitrogens is 3. The number of rotatable bonds is 7. The summed E-state index contributed by atoms with van der Waals surface area (Å²) in [6.45, 7) is 6.10. The Bertz CT molecular complexity index is 1550. The molecule has 2 aromatic heterocycles. The number of benzene rings is 2. The molecule has 0 bridgehead atoms. The Kier molecular flexibility index (Phi) is 6.94. The average Bonchev–Trinajstić information content (AvgIpc) is 3.39. The summed E-state index contributed by atoms with van der Waals surface area (Å²) in [5, 5.41) is 18.6. The number of hydrogen-bond donors (Lipinski definition) is 1. The highest BCUT2D eigenvalue weighted by Crippen LogP contribution is 2.39. The number of fused-ring (bicyclic) bond motifs is 3. The minimum Gasteiger partial charge on any atom is -0.481 e. The number of aliphatic imine (C=N–C) groups is 1. The molecule has 2 aromatic carbocycles. The highest BCUT2D eigenvalue weighted by Gasteiger charge is 2.32. The summed E-state index contributed by atoms with van der Waals surface area (Å²) in [5.74, 6) is 0.223. The second kappa shape index (κ2) is 10.3. The van der Waals surface area contributed by atoms with Gasteiger partial charge in [-0.3, -0.25) is 19.1 Å². The zero-order valence-electron chi connectivity index (χ0n) is 21.7. The lowest BCUT2D eigenvalue weighted by Gasteiger charge is -2.12. The van der Waals surface area contributed by atoms with E-state index in [-0.39, 0.29) is 18.8 Å². The zero-order valence-corrected chi connectivity index (χ0v) is 22.5. The average molecular weight is 529 g/mol. The molecule has 1 atom stereocenters. The third-order valence-electron chi connectivity index (χ3n) is 6.90. The van der Waals surface area contributed by atoms with Gasteiger partial charge in [-0.2, -0.15) is 0 Å². The predicted octanol–water partition coefficient (Wildman–Crippen LogP) is 5.39. The monoisotopic (exact) mass is 528 g/mol. The number of ether oxygens (including phenoxy) is 1. The van der Waals surface area contributed by atoms with Crippen molar-refractivity contribution in [2.24, 2.45) is 4.99 Å². The molecule has 3 heterocycles. The summed E-state index contributed by atoms with van der Waals surface area (Å²) in [5.41, 5.74) is 7.02. The molecule has 0 unspecified atom stereocenters. The molecule has 38 heavy (non-hydrogen) atoms. The summed E-state index contributed by atoms with van der Waals surface area (Å²) >= 11 is 1.67. The van der Waals surface area contributed by atoms with Gasteiger partial charge in [0.05, 0.1) is 19.2 Å². The highest BCUT2D eigenvalue weighted by atomic mass is 32.1. The molecule has 194 valence electrons. The number of carboxylic acids is 1. The molecule has 0 fully saturated rings. The van der Waals surface area contributed by atoms with E-state index < -0.39 is 12.0 Å². The zero-order chi connectivity index (χ0) is 27.0. The molecule has 0 saturated carbocycles. The van der Waals surface area contributed by atoms with Crippen LogP contribution in [0.15, 0.2) is 53.5 Å². The SMILES string of the molecule is COC(=O)C[C@@H]1N=C(c2ccc(-c3ccc(CCC(=O)O)cc3)cc2)c2c(sc(C)c2C)-n2c(C)nnc21. The maximum atomic E-state index is 12.3. The van der Waals surface area contributed by atoms with E-state index in [0.717, 1.165) is 49.9 Å². The molecule has 1 aliphatic heterocycles. The van der Waals surface area contributed by atoms with Crippen LogP contribution in [0.4, 0.5) is 0 Å². The Morgan fingerprint density at radius 1 is 0.974 bits per heavy atom. The second-order valence-electron chi connectivity index (χ2n) is 9.35. The van der Waals surface area contributed by atoms with Gasteiger partial charge in [-0.05, 0) is 49.4 Å². The number of thiophene rings is 1. The molecule has 0 amide bonds. The van der Waals surface area contributed by atoms with E-state index in [4.69, 9.17) is 14.8 Å². The van der Waals surface area contributed by atoms with Crippen LogP contribution in [0.5, 0.6) is 0 Å². The van der Waals surface area contributed by atoms with Crippen LogP contribution in [0.25, 0.3) is 16.1 Å². The van der Waals surface area contributed by atoms with Crippen molar-refractivity contribution in [2.45, 2.75) is 46.1 Å². The Balaban J connectivity index is 1.55. The fraction of sp³-hybridized carbons (Fsp3) is 0.276. The minimum absolute atomic E-state index is 0.0669. The van der Waals surface area contributed by atoms with Crippen LogP contribution in [0.2, 0.25) is 0 Å². The first-order valence-corrected chi connectivity index (χ1v) is 13.2. The molecule has 1 aliphatic rings. The number of aliphatic carboxylic acids is 1. The Labute approximate surface area is 224 Å². The maximum absolute atomic E-state index is 12.3. The van der Waals surface area contributed by atoms with E-state index in [1.165, 1.54) is 12.0 Å². The van der Waals surface area contributed by atoms with E-state index in [1.807, 2.05) is 35.8 Å². The number of aryl methyl sites for hydroxylation is 3. The van der Waals surface area contributed by atoms with Crippen molar-refractivity contribution < 1.29 is 19.4 Å². The van der Waals surface area contributed by atoms with Gasteiger partial charge in [0, 0.05) is 22.4 Å². The summed E-state index contributed by atoms with van der Waals surface area (Å²) in [7, 11) is 1.38. The number of methoxy groups -OCH3 is 1. The van der Waals surface area contributed by atoms with Crippen LogP contribution >= 0.6 is 11.3 Å². The van der Waals surface area contributed by atoms with Crippen molar-refractivity contribution in [3.8, 4) is 16.1 Å². The largest absolute Gasteiger partial charge is 0.481 e. The Morgan fingerprint density at radius 3 is 2.24 bits per heavy atom. The van der Waals surface area contributed by atoms with E-state index in [2.05, 4.69) is 48.3 Å². The molecule has 5 rings (SSSR count). The summed E-state index contributed by atoms with van der Waals surface area (Å²) in [6.07, 6.45) is 0.693. The first-order valence-electron chi connectivity index (χ1n) is 12.4. The van der Waals surface area contributed by atoms with Crippen molar-refractivity contribution >= 4 is 29.0 Å². The number of carboxylic acid groups (broad SMARTS) is 1. The number of hydrogen-bond acceptors (Lipinski definition) is 7. The molecule has 1 N–H and O–H groups in total. The van der Waals surface area contributed by atoms with Crippen LogP contribution in [0.3, 0.4) is 0 Å². The van der Waals surface area contributed by atoms with Crippen LogP contribution in [0, 0.1) is 20.8 Å². The third-order valence-corrected chi connectivity index (χ3v) is 8.09. The molecule has 8 nitrogen and oxygen atoms in total. The minimum atomic E-state index is -0.797. The second-order valence-corrected chi connectivity index (χ2v) is 10.5. The summed E-state index contributed by atoms with van der Waals surface area (Å²) in [4.78, 5) is 29.5. The van der Waals surface area contributed by atoms with E-state index in [9.17, 15) is 9.59 Å². The number of esters is 1. The van der Waals surface area contributed by atoms with Gasteiger partial charge in [-0.15, -0.1) is 21.5 Å². The highest BCUT2D eigenvalue weighted by molar-refractivity contribution is 7.15. The molecule has 0 spiro atoms. The van der Waals surface area contributed by atoms with Gasteiger partial charge in [-0.25, -0.2) is 0 Å². The van der Waals surface area contributed by atoms with E-state index in [1.54, 1.807) is 11.3 Å². The first-order chi connectivity index (χ1) is 18.3. The number of carbonyl (C=O) groups excluding carboxylic acids is 1. The molecule has 9 heteroatoms. The third kappa shape index (κ3) is 4.77. The van der Waals surface area contributed by atoms with Crippen molar-refractivity contribution in [3.63, 3.8) is 0 Å². The van der Waals surface area contributed by atoms with Gasteiger partial charge >= 0.3 is 11.9 Å². The molecular weight excluding hydrogens is 500 g/mol. The number of nitrogens with zero attached hydrogens (tertiary/aromatic N) is 4. The van der Waals surface area contributed by atoms with Gasteiger partial charge in [0.2, 0.25) is 0 Å². The Morgan fingerprint density at radius 2 is 1.61 bits per heavy atom. The molecule has 0 aliphatic carbocycles. The molecule has 0 saturated heterocycles. The normalized spacial score (nSPS) is 14.3. The Hall–Kier alpha value is -4.11. The van der Waals surface area contributed by atoms with Crippen LogP contribution in [-0.4, -0.2) is 44.6 Å².